The monoisotopic (exact) mass is 418 g/mol. The van der Waals surface area contributed by atoms with Crippen LogP contribution in [-0.2, 0) is 16.1 Å². The third-order valence-electron chi connectivity index (χ3n) is 4.63. The fraction of sp³-hybridized carbons (Fsp3) is 0.364. The molecule has 2 aromatic rings. The number of likely N-dealkylation sites (N-methyl/N-ethyl adjacent to an activating group) is 1. The van der Waals surface area contributed by atoms with Gasteiger partial charge in [-0.25, -0.2) is 0 Å². The summed E-state index contributed by atoms with van der Waals surface area (Å²) >= 11 is 7.52. The van der Waals surface area contributed by atoms with Crippen LogP contribution in [0.2, 0.25) is 5.02 Å². The zero-order chi connectivity index (χ0) is 20.5. The van der Waals surface area contributed by atoms with Crippen LogP contribution in [0.15, 0.2) is 53.4 Å². The minimum absolute atomic E-state index is 0.0137. The molecule has 0 bridgehead atoms. The van der Waals surface area contributed by atoms with Crippen LogP contribution in [0, 0.1) is 6.92 Å². The first-order valence-electron chi connectivity index (χ1n) is 9.40. The average molecular weight is 419 g/mol. The summed E-state index contributed by atoms with van der Waals surface area (Å²) in [5.41, 5.74) is 2.17. The molecule has 0 aliphatic heterocycles. The number of rotatable bonds is 9. The molecule has 0 aromatic heterocycles. The van der Waals surface area contributed by atoms with E-state index in [4.69, 9.17) is 11.6 Å². The van der Waals surface area contributed by atoms with Gasteiger partial charge in [0.15, 0.2) is 0 Å². The van der Waals surface area contributed by atoms with Crippen LogP contribution in [0.5, 0.6) is 0 Å². The largest absolute Gasteiger partial charge is 0.357 e. The van der Waals surface area contributed by atoms with E-state index in [0.717, 1.165) is 16.0 Å². The molecular weight excluding hydrogens is 392 g/mol. The molecule has 1 atom stereocenters. The summed E-state index contributed by atoms with van der Waals surface area (Å²) in [4.78, 5) is 28.2. The summed E-state index contributed by atoms with van der Waals surface area (Å²) in [5, 5.41) is 3.38. The summed E-state index contributed by atoms with van der Waals surface area (Å²) in [6, 6.07) is 15.1. The molecule has 150 valence electrons. The van der Waals surface area contributed by atoms with Gasteiger partial charge in [0, 0.05) is 35.7 Å². The van der Waals surface area contributed by atoms with Crippen molar-refractivity contribution >= 4 is 35.2 Å². The summed E-state index contributed by atoms with van der Waals surface area (Å²) in [7, 11) is 1.61. The van der Waals surface area contributed by atoms with E-state index in [0.29, 0.717) is 30.2 Å². The van der Waals surface area contributed by atoms with Gasteiger partial charge in [0.05, 0.1) is 0 Å². The number of aryl methyl sites for hydroxylation is 1. The molecule has 0 saturated carbocycles. The normalized spacial score (nSPS) is 11.7. The predicted octanol–water partition coefficient (Wildman–Crippen LogP) is 4.68. The van der Waals surface area contributed by atoms with Crippen LogP contribution in [0.3, 0.4) is 0 Å². The maximum atomic E-state index is 13.0. The Hall–Kier alpha value is -1.98. The van der Waals surface area contributed by atoms with Gasteiger partial charge in [-0.15, -0.1) is 11.8 Å². The molecule has 0 unspecified atom stereocenters. The molecule has 0 radical (unpaired) electrons. The predicted molar refractivity (Wildman–Crippen MR) is 117 cm³/mol. The lowest BCUT2D eigenvalue weighted by molar-refractivity contribution is -0.140. The SMILES string of the molecule is CC[C@H](C(=O)NC)N(Cc1ccccc1C)C(=O)CCSc1ccc(Cl)cc1. The minimum Gasteiger partial charge on any atom is -0.357 e. The maximum Gasteiger partial charge on any atom is 0.242 e. The standard InChI is InChI=1S/C22H27ClN2O2S/c1-4-20(22(27)24-3)25(15-17-8-6-5-7-16(17)2)21(26)13-14-28-19-11-9-18(23)10-12-19/h5-12,20H,4,13-15H2,1-3H3,(H,24,27)/t20-/m1/s1. The second-order valence-electron chi connectivity index (χ2n) is 6.54. The van der Waals surface area contributed by atoms with Crippen LogP contribution in [0.4, 0.5) is 0 Å². The van der Waals surface area contributed by atoms with Crippen molar-refractivity contribution in [2.24, 2.45) is 0 Å². The fourth-order valence-corrected chi connectivity index (χ4v) is 3.95. The molecule has 2 rings (SSSR count). The van der Waals surface area contributed by atoms with Crippen molar-refractivity contribution in [3.8, 4) is 0 Å². The first-order chi connectivity index (χ1) is 13.5. The second kappa shape index (κ2) is 11.1. The van der Waals surface area contributed by atoms with Gasteiger partial charge in [-0.05, 0) is 48.7 Å². The molecule has 2 aromatic carbocycles. The van der Waals surface area contributed by atoms with Crippen LogP contribution in [-0.4, -0.2) is 35.6 Å². The van der Waals surface area contributed by atoms with Crippen molar-refractivity contribution in [3.05, 3.63) is 64.7 Å². The molecule has 6 heteroatoms. The van der Waals surface area contributed by atoms with Crippen molar-refractivity contribution in [2.45, 2.75) is 44.2 Å². The number of nitrogens with zero attached hydrogens (tertiary/aromatic N) is 1. The molecule has 2 amide bonds. The van der Waals surface area contributed by atoms with Gasteiger partial charge >= 0.3 is 0 Å². The number of nitrogens with one attached hydrogen (secondary N) is 1. The fourth-order valence-electron chi connectivity index (χ4n) is 2.99. The number of hydrogen-bond acceptors (Lipinski definition) is 3. The van der Waals surface area contributed by atoms with Crippen LogP contribution >= 0.6 is 23.4 Å². The third-order valence-corrected chi connectivity index (χ3v) is 5.90. The summed E-state index contributed by atoms with van der Waals surface area (Å²) in [6.07, 6.45) is 0.939. The van der Waals surface area contributed by atoms with Gasteiger partial charge in [0.1, 0.15) is 6.04 Å². The number of hydrogen-bond donors (Lipinski definition) is 1. The van der Waals surface area contributed by atoms with Crippen molar-refractivity contribution in [3.63, 3.8) is 0 Å². The highest BCUT2D eigenvalue weighted by molar-refractivity contribution is 7.99. The number of carbonyl (C=O) groups excluding carboxylic acids is 2. The quantitative estimate of drug-likeness (QED) is 0.601. The van der Waals surface area contributed by atoms with Crippen LogP contribution in [0.1, 0.15) is 30.9 Å². The highest BCUT2D eigenvalue weighted by Crippen LogP contribution is 2.22. The van der Waals surface area contributed by atoms with Gasteiger partial charge < -0.3 is 10.2 Å². The van der Waals surface area contributed by atoms with Crippen LogP contribution < -0.4 is 5.32 Å². The Morgan fingerprint density at radius 2 is 1.82 bits per heavy atom. The average Bonchev–Trinajstić information content (AvgIpc) is 2.70. The lowest BCUT2D eigenvalue weighted by atomic mass is 10.1. The van der Waals surface area contributed by atoms with Crippen molar-refractivity contribution in [2.75, 3.05) is 12.8 Å². The molecule has 0 spiro atoms. The maximum absolute atomic E-state index is 13.0. The zero-order valence-electron chi connectivity index (χ0n) is 16.6. The van der Waals surface area contributed by atoms with Gasteiger partial charge in [-0.2, -0.15) is 0 Å². The van der Waals surface area contributed by atoms with Gasteiger partial charge in [-0.1, -0.05) is 42.8 Å². The molecule has 4 nitrogen and oxygen atoms in total. The highest BCUT2D eigenvalue weighted by Gasteiger charge is 2.27. The van der Waals surface area contributed by atoms with E-state index in [2.05, 4.69) is 5.32 Å². The topological polar surface area (TPSA) is 49.4 Å². The van der Waals surface area contributed by atoms with Crippen LogP contribution in [0.25, 0.3) is 0 Å². The Bertz CT molecular complexity index is 795. The lowest BCUT2D eigenvalue weighted by Gasteiger charge is -2.30. The molecule has 0 heterocycles. The van der Waals surface area contributed by atoms with E-state index in [1.807, 2.05) is 62.4 Å². The highest BCUT2D eigenvalue weighted by atomic mass is 35.5. The number of thioether (sulfide) groups is 1. The number of carbonyl (C=O) groups is 2. The molecule has 0 saturated heterocycles. The first-order valence-corrected chi connectivity index (χ1v) is 10.8. The first kappa shape index (κ1) is 22.3. The molecule has 0 fully saturated rings. The molecule has 0 aliphatic rings. The molecule has 0 aliphatic carbocycles. The van der Waals surface area contributed by atoms with Gasteiger partial charge in [0.25, 0.3) is 0 Å². The second-order valence-corrected chi connectivity index (χ2v) is 8.14. The lowest BCUT2D eigenvalue weighted by Crippen LogP contribution is -2.48. The van der Waals surface area contributed by atoms with E-state index in [9.17, 15) is 9.59 Å². The van der Waals surface area contributed by atoms with Gasteiger partial charge in [0.2, 0.25) is 11.8 Å². The summed E-state index contributed by atoms with van der Waals surface area (Å²) < 4.78 is 0. The molecule has 28 heavy (non-hydrogen) atoms. The Kier molecular flexibility index (Phi) is 8.87. The minimum atomic E-state index is -0.474. The van der Waals surface area contributed by atoms with Crippen molar-refractivity contribution in [1.29, 1.82) is 0 Å². The summed E-state index contributed by atoms with van der Waals surface area (Å²) in [5.74, 6) is 0.504. The third kappa shape index (κ3) is 6.28. The van der Waals surface area contributed by atoms with Crippen molar-refractivity contribution < 1.29 is 9.59 Å². The Labute approximate surface area is 176 Å². The number of halogens is 1. The van der Waals surface area contributed by atoms with Gasteiger partial charge in [-0.3, -0.25) is 9.59 Å². The molecule has 1 N–H and O–H groups in total. The number of benzene rings is 2. The Morgan fingerprint density at radius 1 is 1.14 bits per heavy atom. The summed E-state index contributed by atoms with van der Waals surface area (Å²) in [6.45, 7) is 4.39. The Balaban J connectivity index is 2.10. The van der Waals surface area contributed by atoms with E-state index < -0.39 is 6.04 Å². The van der Waals surface area contributed by atoms with Crippen molar-refractivity contribution in [1.82, 2.24) is 10.2 Å². The Morgan fingerprint density at radius 3 is 2.43 bits per heavy atom. The number of amides is 2. The molecular formula is C22H27ClN2O2S. The smallest absolute Gasteiger partial charge is 0.242 e. The van der Waals surface area contributed by atoms with E-state index in [1.165, 1.54) is 0 Å². The van der Waals surface area contributed by atoms with E-state index >= 15 is 0 Å². The zero-order valence-corrected chi connectivity index (χ0v) is 18.1. The van der Waals surface area contributed by atoms with E-state index in [1.54, 1.807) is 23.7 Å². The van der Waals surface area contributed by atoms with E-state index in [-0.39, 0.29) is 11.8 Å².